The Morgan fingerprint density at radius 2 is 0.682 bits per heavy atom. The number of fused-ring (bicyclic) bond motifs is 12. The molecule has 6 heteroatoms. The maximum absolute atomic E-state index is 4.97. The average molecular weight is 1120 g/mol. The van der Waals surface area contributed by atoms with Gasteiger partial charge in [-0.1, -0.05) is 206 Å². The molecule has 18 rings (SSSR count). The van der Waals surface area contributed by atoms with Gasteiger partial charge in [-0.15, -0.1) is 0 Å². The third-order valence-electron chi connectivity index (χ3n) is 18.4. The summed E-state index contributed by atoms with van der Waals surface area (Å²) in [4.78, 5) is 18.9. The van der Waals surface area contributed by atoms with E-state index in [2.05, 4.69) is 286 Å². The molecule has 6 heterocycles. The second-order valence-corrected chi connectivity index (χ2v) is 22.9. The van der Waals surface area contributed by atoms with E-state index in [9.17, 15) is 0 Å². The minimum Gasteiger partial charge on any atom is -0.308 e. The Hall–Kier alpha value is -11.6. The van der Waals surface area contributed by atoms with Gasteiger partial charge in [-0.25, -0.2) is 0 Å². The Morgan fingerprint density at radius 3 is 1.15 bits per heavy atom. The molecule has 412 valence electrons. The monoisotopic (exact) mass is 1120 g/mol. The van der Waals surface area contributed by atoms with Crippen molar-refractivity contribution in [3.05, 3.63) is 373 Å². The number of nitrogens with zero attached hydrogens (tertiary/aromatic N) is 6. The van der Waals surface area contributed by atoms with Crippen LogP contribution in [0.2, 0.25) is 0 Å². The van der Waals surface area contributed by atoms with Gasteiger partial charge >= 0.3 is 0 Å². The van der Waals surface area contributed by atoms with E-state index in [1.807, 2.05) is 61.3 Å². The van der Waals surface area contributed by atoms with Gasteiger partial charge in [0.2, 0.25) is 0 Å². The molecule has 2 aliphatic carbocycles. The van der Waals surface area contributed by atoms with Gasteiger partial charge in [0.05, 0.1) is 49.6 Å². The van der Waals surface area contributed by atoms with Crippen molar-refractivity contribution in [2.45, 2.75) is 10.8 Å². The molecule has 0 aliphatic heterocycles. The molecular formula is C82H54N6. The highest BCUT2D eigenvalue weighted by Crippen LogP contribution is 2.59. The van der Waals surface area contributed by atoms with Crippen LogP contribution in [0.25, 0.3) is 99.9 Å². The van der Waals surface area contributed by atoms with E-state index in [1.165, 1.54) is 66.8 Å². The third-order valence-corrected chi connectivity index (χ3v) is 18.4. The summed E-state index contributed by atoms with van der Waals surface area (Å²) in [5, 5.41) is 2.29. The Kier molecular flexibility index (Phi) is 11.9. The minimum atomic E-state index is -0.454. The molecule has 0 bridgehead atoms. The van der Waals surface area contributed by atoms with Crippen LogP contribution < -0.4 is 0 Å². The van der Waals surface area contributed by atoms with Crippen molar-refractivity contribution < 1.29 is 0 Å². The first-order chi connectivity index (χ1) is 43.7. The van der Waals surface area contributed by atoms with E-state index in [4.69, 9.17) is 9.97 Å². The Morgan fingerprint density at radius 1 is 0.261 bits per heavy atom. The van der Waals surface area contributed by atoms with Crippen molar-refractivity contribution in [3.8, 4) is 56.0 Å². The van der Waals surface area contributed by atoms with Gasteiger partial charge in [0.15, 0.2) is 0 Å². The molecule has 6 nitrogen and oxygen atoms in total. The lowest BCUT2D eigenvalue weighted by atomic mass is 9.67. The van der Waals surface area contributed by atoms with Crippen LogP contribution in [0.4, 0.5) is 0 Å². The normalized spacial score (nSPS) is 13.2. The summed E-state index contributed by atoms with van der Waals surface area (Å²) < 4.78 is 4.73. The molecule has 0 saturated heterocycles. The van der Waals surface area contributed by atoms with Gasteiger partial charge in [-0.2, -0.15) is 0 Å². The lowest BCUT2D eigenvalue weighted by Crippen LogP contribution is -2.28. The molecule has 0 spiro atoms. The molecule has 0 N–H and O–H groups in total. The standard InChI is InChI=1S/2C41H27N3/c1-3-14-30(15-4-1)41(31-16-5-2-6-17-31)36-20-8-7-19-33(36)34-26-39-35(25-37(34)41)40-38(21-11-23-43-40)44(39)32-18-9-12-28(24-32)29-13-10-22-42-27-29;1-3-14-29(15-4-1)41(30-16-5-2-6-17-30)35-20-8-7-19-32(35)33-27-39-34(26-36(33)41)40-38(22-12-24-43-40)44(39)31-18-11-13-28(25-31)37-21-9-10-23-42-37/h2*1-27H. The van der Waals surface area contributed by atoms with Crippen LogP contribution in [0.3, 0.4) is 0 Å². The van der Waals surface area contributed by atoms with Crippen LogP contribution in [0.15, 0.2) is 328 Å². The van der Waals surface area contributed by atoms with E-state index < -0.39 is 10.8 Å². The average Bonchev–Trinajstić information content (AvgIpc) is 1.55. The van der Waals surface area contributed by atoms with Gasteiger partial charge in [-0.3, -0.25) is 19.9 Å². The summed E-state index contributed by atoms with van der Waals surface area (Å²) >= 11 is 0. The molecule has 2 aliphatic rings. The second-order valence-electron chi connectivity index (χ2n) is 22.9. The summed E-state index contributed by atoms with van der Waals surface area (Å²) in [6.07, 6.45) is 9.39. The van der Waals surface area contributed by atoms with Crippen molar-refractivity contribution in [1.29, 1.82) is 0 Å². The van der Waals surface area contributed by atoms with Gasteiger partial charge in [0.25, 0.3) is 0 Å². The zero-order valence-corrected chi connectivity index (χ0v) is 47.9. The molecule has 0 fully saturated rings. The Labute approximate surface area is 509 Å². The zero-order chi connectivity index (χ0) is 58.2. The number of hydrogen-bond donors (Lipinski definition) is 0. The van der Waals surface area contributed by atoms with E-state index in [-0.39, 0.29) is 0 Å². The quantitative estimate of drug-likeness (QED) is 0.152. The van der Waals surface area contributed by atoms with Gasteiger partial charge in [0.1, 0.15) is 0 Å². The molecular weight excluding hydrogens is 1070 g/mol. The number of rotatable bonds is 8. The Balaban J connectivity index is 0.000000137. The Bertz CT molecular complexity index is 4900. The van der Waals surface area contributed by atoms with Crippen molar-refractivity contribution >= 4 is 43.9 Å². The van der Waals surface area contributed by atoms with Crippen molar-refractivity contribution in [2.24, 2.45) is 0 Å². The predicted octanol–water partition coefficient (Wildman–Crippen LogP) is 19.2. The highest BCUT2D eigenvalue weighted by atomic mass is 15.0. The van der Waals surface area contributed by atoms with Crippen LogP contribution in [-0.4, -0.2) is 29.1 Å². The fourth-order valence-corrected chi connectivity index (χ4v) is 14.8. The van der Waals surface area contributed by atoms with Gasteiger partial charge in [-0.05, 0) is 163 Å². The largest absolute Gasteiger partial charge is 0.308 e. The molecule has 0 unspecified atom stereocenters. The highest BCUT2D eigenvalue weighted by molar-refractivity contribution is 6.11. The maximum Gasteiger partial charge on any atom is 0.0963 e. The first-order valence-electron chi connectivity index (χ1n) is 30.0. The van der Waals surface area contributed by atoms with E-state index in [0.717, 1.165) is 77.6 Å². The first kappa shape index (κ1) is 50.9. The minimum absolute atomic E-state index is 0.452. The first-order valence-corrected chi connectivity index (χ1v) is 30.0. The molecule has 16 aromatic rings. The van der Waals surface area contributed by atoms with Crippen LogP contribution in [0, 0.1) is 0 Å². The molecule has 0 amide bonds. The summed E-state index contributed by atoms with van der Waals surface area (Å²) in [6.45, 7) is 0. The second kappa shape index (κ2) is 20.6. The molecule has 0 saturated carbocycles. The fraction of sp³-hybridized carbons (Fsp3) is 0.0244. The molecule has 6 aromatic heterocycles. The summed E-state index contributed by atoms with van der Waals surface area (Å²) in [5.74, 6) is 0. The summed E-state index contributed by atoms with van der Waals surface area (Å²) in [5.41, 5.74) is 27.3. The van der Waals surface area contributed by atoms with Crippen molar-refractivity contribution in [1.82, 2.24) is 29.1 Å². The molecule has 10 aromatic carbocycles. The van der Waals surface area contributed by atoms with Crippen LogP contribution in [0.5, 0.6) is 0 Å². The van der Waals surface area contributed by atoms with Crippen molar-refractivity contribution in [3.63, 3.8) is 0 Å². The van der Waals surface area contributed by atoms with Crippen LogP contribution >= 0.6 is 0 Å². The smallest absolute Gasteiger partial charge is 0.0963 e. The number of aromatic nitrogens is 6. The molecule has 0 radical (unpaired) electrons. The van der Waals surface area contributed by atoms with E-state index >= 15 is 0 Å². The van der Waals surface area contributed by atoms with Gasteiger partial charge < -0.3 is 9.13 Å². The molecule has 88 heavy (non-hydrogen) atoms. The SMILES string of the molecule is c1ccc(C2(c3ccccc3)c3ccccc3-c3cc4c(cc32)c2ncccc2n4-c2cccc(-c3ccccn3)c2)cc1.c1ccc(C2(c3ccccc3)c3ccccc3-c3cc4c(cc32)c2ncccc2n4-c2cccc(-c3cccnc3)c2)cc1. The number of pyridine rings is 4. The van der Waals surface area contributed by atoms with Gasteiger partial charge in [0, 0.05) is 64.3 Å². The lowest BCUT2D eigenvalue weighted by molar-refractivity contribution is 0.769. The topological polar surface area (TPSA) is 61.4 Å². The zero-order valence-electron chi connectivity index (χ0n) is 47.9. The third kappa shape index (κ3) is 7.68. The highest BCUT2D eigenvalue weighted by Gasteiger charge is 2.48. The van der Waals surface area contributed by atoms with E-state index in [0.29, 0.717) is 0 Å². The lowest BCUT2D eigenvalue weighted by Gasteiger charge is -2.33. The maximum atomic E-state index is 4.97. The summed E-state index contributed by atoms with van der Waals surface area (Å²) in [6, 6.07) is 107. The predicted molar refractivity (Wildman–Crippen MR) is 358 cm³/mol. The summed E-state index contributed by atoms with van der Waals surface area (Å²) in [7, 11) is 0. The fourth-order valence-electron chi connectivity index (χ4n) is 14.8. The number of hydrogen-bond acceptors (Lipinski definition) is 4. The van der Waals surface area contributed by atoms with Crippen LogP contribution in [0.1, 0.15) is 44.5 Å². The molecule has 0 atom stereocenters. The van der Waals surface area contributed by atoms with E-state index in [1.54, 1.807) is 0 Å². The van der Waals surface area contributed by atoms with Crippen molar-refractivity contribution in [2.75, 3.05) is 0 Å². The van der Waals surface area contributed by atoms with Crippen LogP contribution in [-0.2, 0) is 10.8 Å². The number of benzene rings is 10.